The first-order valence-electron chi connectivity index (χ1n) is 3.24. The monoisotopic (exact) mass is 134 g/mol. The van der Waals surface area contributed by atoms with Crippen LogP contribution >= 0.6 is 0 Å². The Kier molecular flexibility index (Phi) is 2.62. The Morgan fingerprint density at radius 3 is 3.10 bits per heavy atom. The first kappa shape index (κ1) is 6.93. The zero-order valence-electron chi connectivity index (χ0n) is 5.99. The van der Waals surface area contributed by atoms with Crippen molar-refractivity contribution in [2.45, 2.75) is 6.42 Å². The number of hydrogen-bond acceptors (Lipinski definition) is 2. The second-order valence-corrected chi connectivity index (χ2v) is 1.97. The van der Waals surface area contributed by atoms with Gasteiger partial charge in [0.25, 0.3) is 0 Å². The number of hydrogen-bond donors (Lipinski definition) is 0. The summed E-state index contributed by atoms with van der Waals surface area (Å²) in [7, 11) is 1.77. The number of pyridine rings is 1. The molecule has 0 spiro atoms. The molecule has 0 atom stereocenters. The van der Waals surface area contributed by atoms with Crippen molar-refractivity contribution in [3.05, 3.63) is 30.1 Å². The van der Waals surface area contributed by atoms with E-state index in [0.29, 0.717) is 0 Å². The molecule has 0 N–H and O–H groups in total. The predicted octanol–water partition coefficient (Wildman–Crippen LogP) is 1.32. The molecule has 1 heterocycles. The molecular weight excluding hydrogens is 124 g/mol. The molecule has 2 nitrogen and oxygen atoms in total. The topological polar surface area (TPSA) is 25.2 Å². The minimum atomic E-state index is 0.831. The molecule has 0 saturated heterocycles. The van der Waals surface area contributed by atoms with E-state index in [9.17, 15) is 0 Å². The van der Waals surface area contributed by atoms with E-state index in [4.69, 9.17) is 0 Å². The van der Waals surface area contributed by atoms with Gasteiger partial charge in [0.1, 0.15) is 0 Å². The zero-order valence-corrected chi connectivity index (χ0v) is 5.99. The Morgan fingerprint density at radius 2 is 2.50 bits per heavy atom. The second kappa shape index (κ2) is 3.77. The van der Waals surface area contributed by atoms with Crippen LogP contribution in [0.15, 0.2) is 29.4 Å². The summed E-state index contributed by atoms with van der Waals surface area (Å²) in [6.45, 7) is 0. The SMILES string of the molecule is CN=CCc1ccccn1. The maximum Gasteiger partial charge on any atom is 0.0456 e. The van der Waals surface area contributed by atoms with Crippen molar-refractivity contribution >= 4 is 6.21 Å². The fourth-order valence-corrected chi connectivity index (χ4v) is 0.704. The largest absolute Gasteiger partial charge is 0.300 e. The van der Waals surface area contributed by atoms with Crippen LogP contribution in [0.1, 0.15) is 5.69 Å². The van der Waals surface area contributed by atoms with Gasteiger partial charge in [-0.2, -0.15) is 0 Å². The lowest BCUT2D eigenvalue weighted by atomic mass is 10.3. The lowest BCUT2D eigenvalue weighted by molar-refractivity contribution is 1.15. The number of nitrogens with zero attached hydrogens (tertiary/aromatic N) is 2. The summed E-state index contributed by atoms with van der Waals surface area (Å²) >= 11 is 0. The fraction of sp³-hybridized carbons (Fsp3) is 0.250. The van der Waals surface area contributed by atoms with E-state index in [2.05, 4.69) is 9.98 Å². The fourth-order valence-electron chi connectivity index (χ4n) is 0.704. The normalized spacial score (nSPS) is 10.5. The number of rotatable bonds is 2. The van der Waals surface area contributed by atoms with Gasteiger partial charge >= 0.3 is 0 Å². The molecule has 0 aromatic carbocycles. The molecule has 2 heteroatoms. The second-order valence-electron chi connectivity index (χ2n) is 1.97. The summed E-state index contributed by atoms with van der Waals surface area (Å²) in [5.74, 6) is 0. The van der Waals surface area contributed by atoms with E-state index < -0.39 is 0 Å². The van der Waals surface area contributed by atoms with Gasteiger partial charge in [0.05, 0.1) is 0 Å². The van der Waals surface area contributed by atoms with Gasteiger partial charge in [-0.15, -0.1) is 0 Å². The Morgan fingerprint density at radius 1 is 1.60 bits per heavy atom. The molecule has 1 rings (SSSR count). The molecule has 0 aliphatic heterocycles. The van der Waals surface area contributed by atoms with Crippen molar-refractivity contribution in [1.29, 1.82) is 0 Å². The Labute approximate surface area is 60.6 Å². The first-order chi connectivity index (χ1) is 4.93. The third kappa shape index (κ3) is 1.97. The van der Waals surface area contributed by atoms with Gasteiger partial charge < -0.3 is 4.99 Å². The van der Waals surface area contributed by atoms with Crippen LogP contribution in [0.5, 0.6) is 0 Å². The van der Waals surface area contributed by atoms with Crippen molar-refractivity contribution < 1.29 is 0 Å². The van der Waals surface area contributed by atoms with Gasteiger partial charge in [-0.1, -0.05) is 6.07 Å². The van der Waals surface area contributed by atoms with Crippen LogP contribution in [-0.2, 0) is 6.42 Å². The van der Waals surface area contributed by atoms with E-state index >= 15 is 0 Å². The Hall–Kier alpha value is -1.18. The van der Waals surface area contributed by atoms with E-state index in [1.807, 2.05) is 24.4 Å². The summed E-state index contributed by atoms with van der Waals surface area (Å²) in [5, 5.41) is 0. The number of aliphatic imine (C=N–C) groups is 1. The molecule has 0 aliphatic carbocycles. The van der Waals surface area contributed by atoms with E-state index in [-0.39, 0.29) is 0 Å². The molecule has 0 bridgehead atoms. The summed E-state index contributed by atoms with van der Waals surface area (Å²) in [6, 6.07) is 5.88. The Balaban J connectivity index is 2.59. The van der Waals surface area contributed by atoms with Crippen molar-refractivity contribution in [3.63, 3.8) is 0 Å². The smallest absolute Gasteiger partial charge is 0.0456 e. The third-order valence-electron chi connectivity index (χ3n) is 1.21. The quantitative estimate of drug-likeness (QED) is 0.560. The minimum absolute atomic E-state index is 0.831. The molecule has 0 aliphatic rings. The molecule has 0 fully saturated rings. The van der Waals surface area contributed by atoms with Crippen LogP contribution in [0.2, 0.25) is 0 Å². The molecule has 0 amide bonds. The maximum absolute atomic E-state index is 4.12. The molecule has 1 aromatic rings. The van der Waals surface area contributed by atoms with Crippen molar-refractivity contribution in [3.8, 4) is 0 Å². The van der Waals surface area contributed by atoms with Crippen molar-refractivity contribution in [2.75, 3.05) is 7.05 Å². The average molecular weight is 134 g/mol. The summed E-state index contributed by atoms with van der Waals surface area (Å²) in [5.41, 5.74) is 1.06. The van der Waals surface area contributed by atoms with Crippen molar-refractivity contribution in [2.24, 2.45) is 4.99 Å². The predicted molar refractivity (Wildman–Crippen MR) is 42.4 cm³/mol. The third-order valence-corrected chi connectivity index (χ3v) is 1.21. The van der Waals surface area contributed by atoms with Gasteiger partial charge in [-0.25, -0.2) is 0 Å². The Bertz CT molecular complexity index is 204. The zero-order chi connectivity index (χ0) is 7.23. The van der Waals surface area contributed by atoms with Gasteiger partial charge in [-0.05, 0) is 12.1 Å². The lowest BCUT2D eigenvalue weighted by Crippen LogP contribution is -1.88. The molecule has 0 unspecified atom stereocenters. The van der Waals surface area contributed by atoms with E-state index in [1.165, 1.54) is 0 Å². The van der Waals surface area contributed by atoms with Crippen LogP contribution in [0, 0.1) is 0 Å². The summed E-state index contributed by atoms with van der Waals surface area (Å²) in [6.07, 6.45) is 4.47. The van der Waals surface area contributed by atoms with Crippen LogP contribution in [-0.4, -0.2) is 18.2 Å². The highest BCUT2D eigenvalue weighted by Gasteiger charge is 1.85. The highest BCUT2D eigenvalue weighted by molar-refractivity contribution is 5.60. The average Bonchev–Trinajstić information content (AvgIpc) is 2.03. The van der Waals surface area contributed by atoms with Crippen LogP contribution < -0.4 is 0 Å². The van der Waals surface area contributed by atoms with Crippen molar-refractivity contribution in [1.82, 2.24) is 4.98 Å². The molecule has 52 valence electrons. The highest BCUT2D eigenvalue weighted by Crippen LogP contribution is 1.91. The standard InChI is InChI=1S/C8H10N2/c1-9-7-5-8-4-2-3-6-10-8/h2-4,6-7H,5H2,1H3. The maximum atomic E-state index is 4.12. The minimum Gasteiger partial charge on any atom is -0.300 e. The van der Waals surface area contributed by atoms with Crippen LogP contribution in [0.3, 0.4) is 0 Å². The van der Waals surface area contributed by atoms with Gasteiger partial charge in [-0.3, -0.25) is 4.98 Å². The van der Waals surface area contributed by atoms with Gasteiger partial charge in [0.15, 0.2) is 0 Å². The number of aromatic nitrogens is 1. The van der Waals surface area contributed by atoms with Gasteiger partial charge in [0, 0.05) is 31.6 Å². The summed E-state index contributed by atoms with van der Waals surface area (Å²) < 4.78 is 0. The first-order valence-corrected chi connectivity index (χ1v) is 3.24. The lowest BCUT2D eigenvalue weighted by Gasteiger charge is -1.90. The van der Waals surface area contributed by atoms with Gasteiger partial charge in [0.2, 0.25) is 0 Å². The summed E-state index contributed by atoms with van der Waals surface area (Å²) in [4.78, 5) is 7.99. The molecule has 0 radical (unpaired) electrons. The molecule has 1 aromatic heterocycles. The van der Waals surface area contributed by atoms with E-state index in [0.717, 1.165) is 12.1 Å². The molecule has 0 saturated carbocycles. The molecule has 10 heavy (non-hydrogen) atoms. The molecular formula is C8H10N2. The van der Waals surface area contributed by atoms with Crippen LogP contribution in [0.25, 0.3) is 0 Å². The van der Waals surface area contributed by atoms with Crippen LogP contribution in [0.4, 0.5) is 0 Å². The van der Waals surface area contributed by atoms with E-state index in [1.54, 1.807) is 13.2 Å². The highest BCUT2D eigenvalue weighted by atomic mass is 14.7.